The highest BCUT2D eigenvalue weighted by Gasteiger charge is 2.49. The van der Waals surface area contributed by atoms with Crippen LogP contribution in [0, 0.1) is 5.41 Å². The van der Waals surface area contributed by atoms with Crippen LogP contribution >= 0.6 is 0 Å². The van der Waals surface area contributed by atoms with E-state index in [9.17, 15) is 29.7 Å². The Morgan fingerprint density at radius 1 is 0.792 bits per heavy atom. The molecule has 0 fully saturated rings. The standard InChI is InChI=1S/C14H21N3O7/c15-10(21)1-4-14(5-2-11(16)22,24-6-3-12(17)23)13(7-18,8-19)9-20/h1-6,18-20H,7-9H2,(H2,15,21)(H2,16,22)(H2,17,23). The van der Waals surface area contributed by atoms with E-state index in [1.807, 2.05) is 0 Å². The molecule has 0 aromatic rings. The van der Waals surface area contributed by atoms with Crippen LogP contribution in [0.5, 0.6) is 0 Å². The van der Waals surface area contributed by atoms with Crippen LogP contribution in [0.2, 0.25) is 0 Å². The van der Waals surface area contributed by atoms with Crippen molar-refractivity contribution in [2.45, 2.75) is 5.60 Å². The van der Waals surface area contributed by atoms with E-state index in [-0.39, 0.29) is 0 Å². The predicted octanol–water partition coefficient (Wildman–Crippen LogP) is -3.21. The van der Waals surface area contributed by atoms with Gasteiger partial charge in [-0.05, 0) is 12.2 Å². The van der Waals surface area contributed by atoms with Gasteiger partial charge in [0.15, 0.2) is 5.60 Å². The summed E-state index contributed by atoms with van der Waals surface area (Å²) in [5.74, 6) is -2.68. The van der Waals surface area contributed by atoms with Crippen LogP contribution in [0.25, 0.3) is 0 Å². The summed E-state index contributed by atoms with van der Waals surface area (Å²) >= 11 is 0. The van der Waals surface area contributed by atoms with E-state index in [4.69, 9.17) is 21.9 Å². The number of amides is 3. The second-order valence-corrected chi connectivity index (χ2v) is 4.84. The average molecular weight is 343 g/mol. The van der Waals surface area contributed by atoms with Crippen molar-refractivity contribution in [2.75, 3.05) is 19.8 Å². The third-order valence-electron chi connectivity index (χ3n) is 3.22. The minimum Gasteiger partial charge on any atom is -0.486 e. The number of aliphatic hydroxyl groups excluding tert-OH is 3. The van der Waals surface area contributed by atoms with Gasteiger partial charge in [0, 0.05) is 18.2 Å². The molecular formula is C14H21N3O7. The van der Waals surface area contributed by atoms with Crippen molar-refractivity contribution in [3.8, 4) is 0 Å². The number of nitrogens with two attached hydrogens (primary N) is 3. The van der Waals surface area contributed by atoms with Crippen LogP contribution < -0.4 is 17.2 Å². The summed E-state index contributed by atoms with van der Waals surface area (Å²) < 4.78 is 5.33. The van der Waals surface area contributed by atoms with Crippen LogP contribution in [-0.4, -0.2) is 58.5 Å². The summed E-state index contributed by atoms with van der Waals surface area (Å²) in [6.45, 7) is -2.47. The summed E-state index contributed by atoms with van der Waals surface area (Å²) in [7, 11) is 0. The lowest BCUT2D eigenvalue weighted by atomic mass is 9.72. The van der Waals surface area contributed by atoms with Crippen molar-refractivity contribution in [3.63, 3.8) is 0 Å². The zero-order valence-corrected chi connectivity index (χ0v) is 12.8. The van der Waals surface area contributed by atoms with Crippen molar-refractivity contribution in [1.29, 1.82) is 0 Å². The number of hydrogen-bond acceptors (Lipinski definition) is 7. The quantitative estimate of drug-likeness (QED) is 0.167. The Morgan fingerprint density at radius 2 is 1.17 bits per heavy atom. The molecule has 0 heterocycles. The van der Waals surface area contributed by atoms with Gasteiger partial charge < -0.3 is 37.3 Å². The molecule has 0 saturated carbocycles. The Bertz CT molecular complexity index is 518. The second kappa shape index (κ2) is 9.45. The Balaban J connectivity index is 6.32. The zero-order valence-electron chi connectivity index (χ0n) is 12.8. The highest BCUT2D eigenvalue weighted by molar-refractivity contribution is 5.87. The van der Waals surface area contributed by atoms with Crippen LogP contribution in [0.4, 0.5) is 0 Å². The van der Waals surface area contributed by atoms with Gasteiger partial charge >= 0.3 is 0 Å². The fourth-order valence-corrected chi connectivity index (χ4v) is 1.76. The molecule has 0 aliphatic heterocycles. The van der Waals surface area contributed by atoms with Crippen LogP contribution in [-0.2, 0) is 19.1 Å². The largest absolute Gasteiger partial charge is 0.486 e. The summed E-state index contributed by atoms with van der Waals surface area (Å²) in [5.41, 5.74) is 11.2. The molecule has 0 radical (unpaired) electrons. The number of carbonyl (C=O) groups is 3. The molecule has 0 unspecified atom stereocenters. The fourth-order valence-electron chi connectivity index (χ4n) is 1.76. The first-order valence-corrected chi connectivity index (χ1v) is 6.62. The van der Waals surface area contributed by atoms with Gasteiger partial charge in [-0.3, -0.25) is 14.4 Å². The first kappa shape index (κ1) is 21.3. The zero-order chi connectivity index (χ0) is 18.8. The fraction of sp³-hybridized carbons (Fsp3) is 0.357. The number of aliphatic hydroxyl groups is 3. The van der Waals surface area contributed by atoms with E-state index in [0.29, 0.717) is 0 Å². The molecule has 0 rings (SSSR count). The molecular weight excluding hydrogens is 322 g/mol. The molecule has 0 aromatic heterocycles. The van der Waals surface area contributed by atoms with Gasteiger partial charge in [0.2, 0.25) is 17.7 Å². The van der Waals surface area contributed by atoms with Crippen LogP contribution in [0.3, 0.4) is 0 Å². The minimum absolute atomic E-state index is 0.807. The Labute approximate surface area is 137 Å². The molecule has 0 aliphatic carbocycles. The Morgan fingerprint density at radius 3 is 1.46 bits per heavy atom. The lowest BCUT2D eigenvalue weighted by molar-refractivity contribution is -0.118. The highest BCUT2D eigenvalue weighted by atomic mass is 16.5. The molecule has 134 valence electrons. The highest BCUT2D eigenvalue weighted by Crippen LogP contribution is 2.37. The van der Waals surface area contributed by atoms with Crippen molar-refractivity contribution in [2.24, 2.45) is 22.6 Å². The van der Waals surface area contributed by atoms with E-state index in [1.165, 1.54) is 0 Å². The average Bonchev–Trinajstić information content (AvgIpc) is 2.52. The first-order chi connectivity index (χ1) is 11.2. The summed E-state index contributed by atoms with van der Waals surface area (Å²) in [5, 5.41) is 28.9. The summed E-state index contributed by atoms with van der Waals surface area (Å²) in [6, 6.07) is 0. The molecule has 24 heavy (non-hydrogen) atoms. The maximum absolute atomic E-state index is 11.0. The van der Waals surface area contributed by atoms with Crippen molar-refractivity contribution < 1.29 is 34.4 Å². The lowest BCUT2D eigenvalue weighted by Crippen LogP contribution is -2.54. The van der Waals surface area contributed by atoms with Gasteiger partial charge in [-0.25, -0.2) is 0 Å². The first-order valence-electron chi connectivity index (χ1n) is 6.62. The number of hydrogen-bond donors (Lipinski definition) is 6. The molecule has 0 aromatic carbocycles. The molecule has 10 heteroatoms. The smallest absolute Gasteiger partial charge is 0.244 e. The van der Waals surface area contributed by atoms with Gasteiger partial charge in [-0.2, -0.15) is 0 Å². The predicted molar refractivity (Wildman–Crippen MR) is 82.5 cm³/mol. The topological polar surface area (TPSA) is 199 Å². The van der Waals surface area contributed by atoms with E-state index >= 15 is 0 Å². The van der Waals surface area contributed by atoms with E-state index in [2.05, 4.69) is 0 Å². The van der Waals surface area contributed by atoms with Gasteiger partial charge in [-0.1, -0.05) is 0 Å². The minimum atomic E-state index is -1.94. The van der Waals surface area contributed by atoms with Crippen LogP contribution in [0.1, 0.15) is 0 Å². The Kier molecular flexibility index (Phi) is 8.39. The van der Waals surface area contributed by atoms with Gasteiger partial charge in [0.1, 0.15) is 0 Å². The number of primary amides is 3. The van der Waals surface area contributed by atoms with E-state index in [0.717, 1.165) is 36.6 Å². The van der Waals surface area contributed by atoms with Gasteiger partial charge in [0.25, 0.3) is 0 Å². The van der Waals surface area contributed by atoms with Crippen LogP contribution in [0.15, 0.2) is 36.6 Å². The monoisotopic (exact) mass is 343 g/mol. The second-order valence-electron chi connectivity index (χ2n) is 4.84. The molecule has 0 saturated heterocycles. The Hall–Kier alpha value is -2.69. The third kappa shape index (κ3) is 5.50. The van der Waals surface area contributed by atoms with E-state index in [1.54, 1.807) is 0 Å². The molecule has 10 nitrogen and oxygen atoms in total. The number of ether oxygens (including phenoxy) is 1. The lowest BCUT2D eigenvalue weighted by Gasteiger charge is -2.43. The molecule has 0 atom stereocenters. The van der Waals surface area contributed by atoms with Gasteiger partial charge in [-0.15, -0.1) is 0 Å². The molecule has 0 spiro atoms. The number of rotatable bonds is 11. The number of carbonyl (C=O) groups excluding carboxylic acids is 3. The summed E-state index contributed by atoms with van der Waals surface area (Å²) in [6.07, 6.45) is 5.29. The van der Waals surface area contributed by atoms with Crippen molar-refractivity contribution in [1.82, 2.24) is 0 Å². The maximum Gasteiger partial charge on any atom is 0.244 e. The molecule has 0 bridgehead atoms. The van der Waals surface area contributed by atoms with E-state index < -0.39 is 48.6 Å². The van der Waals surface area contributed by atoms with Gasteiger partial charge in [0.05, 0.1) is 31.5 Å². The molecule has 0 aliphatic rings. The molecule has 3 amide bonds. The molecule has 9 N–H and O–H groups in total. The van der Waals surface area contributed by atoms with Crippen molar-refractivity contribution in [3.05, 3.63) is 36.6 Å². The SMILES string of the molecule is NC(=O)C=COC(C=CC(N)=O)(C=CC(N)=O)C(CO)(CO)CO. The van der Waals surface area contributed by atoms with Crippen molar-refractivity contribution >= 4 is 17.7 Å². The third-order valence-corrected chi connectivity index (χ3v) is 3.22. The normalized spacial score (nSPS) is 15.0. The summed E-state index contributed by atoms with van der Waals surface area (Å²) in [4.78, 5) is 32.9. The maximum atomic E-state index is 11.0.